The van der Waals surface area contributed by atoms with Crippen LogP contribution in [0.15, 0.2) is 66.5 Å². The number of ether oxygens (including phenoxy) is 1. The number of hydrogen-bond donors (Lipinski definition) is 2. The van der Waals surface area contributed by atoms with Crippen molar-refractivity contribution in [2.45, 2.75) is 19.8 Å². The highest BCUT2D eigenvalue weighted by Gasteiger charge is 2.38. The van der Waals surface area contributed by atoms with Crippen molar-refractivity contribution in [3.8, 4) is 5.75 Å². The minimum absolute atomic E-state index is 0.0575. The van der Waals surface area contributed by atoms with E-state index in [0.29, 0.717) is 5.71 Å². The fraction of sp³-hybridized carbons (Fsp3) is 0.357. The third-order valence-corrected chi connectivity index (χ3v) is 7.09. The van der Waals surface area contributed by atoms with Gasteiger partial charge in [-0.1, -0.05) is 30.3 Å². The molecule has 3 aliphatic rings. The SMILES string of the molecule is CCN(CC)c1ccc2c(c1)OC1=CC(=N)C=CC1C2c1ccccc1C(=O)N1CCNCC1. The molecule has 2 aliphatic heterocycles. The summed E-state index contributed by atoms with van der Waals surface area (Å²) in [4.78, 5) is 17.8. The van der Waals surface area contributed by atoms with Gasteiger partial charge in [0.25, 0.3) is 5.91 Å². The highest BCUT2D eigenvalue weighted by atomic mass is 16.5. The highest BCUT2D eigenvalue weighted by molar-refractivity contribution is 6.03. The van der Waals surface area contributed by atoms with Crippen molar-refractivity contribution in [1.29, 1.82) is 5.41 Å². The van der Waals surface area contributed by atoms with Gasteiger partial charge in [-0.05, 0) is 37.6 Å². The minimum atomic E-state index is -0.0619. The van der Waals surface area contributed by atoms with Gasteiger partial charge in [-0.2, -0.15) is 0 Å². The first-order chi connectivity index (χ1) is 16.6. The number of fused-ring (bicyclic) bond motifs is 2. The molecule has 2 unspecified atom stereocenters. The first-order valence-electron chi connectivity index (χ1n) is 12.2. The van der Waals surface area contributed by atoms with Crippen molar-refractivity contribution in [3.05, 3.63) is 83.1 Å². The Bertz CT molecular complexity index is 1160. The summed E-state index contributed by atoms with van der Waals surface area (Å²) >= 11 is 0. The van der Waals surface area contributed by atoms with E-state index in [1.165, 1.54) is 0 Å². The smallest absolute Gasteiger partial charge is 0.254 e. The maximum absolute atomic E-state index is 13.6. The molecule has 2 atom stereocenters. The molecule has 0 aromatic heterocycles. The number of anilines is 1. The molecule has 6 nitrogen and oxygen atoms in total. The van der Waals surface area contributed by atoms with E-state index >= 15 is 0 Å². The van der Waals surface area contributed by atoms with Crippen LogP contribution in [0.3, 0.4) is 0 Å². The topological polar surface area (TPSA) is 68.7 Å². The molecule has 1 fully saturated rings. The first kappa shape index (κ1) is 22.4. The Kier molecular flexibility index (Phi) is 6.24. The summed E-state index contributed by atoms with van der Waals surface area (Å²) in [5.74, 6) is 1.55. The largest absolute Gasteiger partial charge is 0.461 e. The normalized spacial score (nSPS) is 21.3. The Morgan fingerprint density at radius 1 is 1.12 bits per heavy atom. The lowest BCUT2D eigenvalue weighted by molar-refractivity contribution is 0.0734. The predicted octanol–water partition coefficient (Wildman–Crippen LogP) is 4.19. The van der Waals surface area contributed by atoms with Gasteiger partial charge >= 0.3 is 0 Å². The summed E-state index contributed by atoms with van der Waals surface area (Å²) in [6.45, 7) is 9.21. The molecule has 0 bridgehead atoms. The summed E-state index contributed by atoms with van der Waals surface area (Å²) < 4.78 is 6.39. The Hall–Kier alpha value is -3.38. The molecule has 1 saturated heterocycles. The zero-order valence-corrected chi connectivity index (χ0v) is 19.9. The molecule has 2 heterocycles. The average Bonchev–Trinajstić information content (AvgIpc) is 2.88. The lowest BCUT2D eigenvalue weighted by atomic mass is 9.74. The second-order valence-electron chi connectivity index (χ2n) is 8.99. The van der Waals surface area contributed by atoms with E-state index < -0.39 is 0 Å². The molecule has 0 saturated carbocycles. The molecule has 2 aromatic carbocycles. The van der Waals surface area contributed by atoms with Gasteiger partial charge in [0.05, 0.1) is 5.71 Å². The maximum atomic E-state index is 13.6. The molecule has 34 heavy (non-hydrogen) atoms. The highest BCUT2D eigenvalue weighted by Crippen LogP contribution is 2.49. The van der Waals surface area contributed by atoms with E-state index in [0.717, 1.165) is 73.2 Å². The summed E-state index contributed by atoms with van der Waals surface area (Å²) in [7, 11) is 0. The molecular weight excluding hydrogens is 424 g/mol. The molecule has 6 heteroatoms. The number of benzene rings is 2. The Morgan fingerprint density at radius 2 is 1.88 bits per heavy atom. The average molecular weight is 457 g/mol. The standard InChI is InChI=1S/C28H32N4O2/c1-3-31(4-2)20-10-12-24-26(18-20)34-25-17-19(29)9-11-23(25)27(24)21-7-5-6-8-22(21)28(33)32-15-13-30-14-16-32/h5-12,17-18,23,27,29-30H,3-4,13-16H2,1-2H3. The summed E-state index contributed by atoms with van der Waals surface area (Å²) in [5, 5.41) is 11.5. The lowest BCUT2D eigenvalue weighted by Gasteiger charge is -2.37. The van der Waals surface area contributed by atoms with Gasteiger partial charge in [0, 0.05) is 80.1 Å². The quantitative estimate of drug-likeness (QED) is 0.708. The van der Waals surface area contributed by atoms with Crippen LogP contribution >= 0.6 is 0 Å². The third kappa shape index (κ3) is 4.03. The summed E-state index contributed by atoms with van der Waals surface area (Å²) in [5.41, 5.74) is 4.40. The molecular formula is C28H32N4O2. The first-order valence-corrected chi connectivity index (χ1v) is 12.2. The number of nitrogens with one attached hydrogen (secondary N) is 2. The van der Waals surface area contributed by atoms with E-state index in [2.05, 4.69) is 54.4 Å². The van der Waals surface area contributed by atoms with Crippen LogP contribution in [0.1, 0.15) is 41.3 Å². The lowest BCUT2D eigenvalue weighted by Crippen LogP contribution is -2.46. The van der Waals surface area contributed by atoms with Crippen LogP contribution in [-0.2, 0) is 0 Å². The fourth-order valence-electron chi connectivity index (χ4n) is 5.31. The molecule has 1 amide bonds. The van der Waals surface area contributed by atoms with Gasteiger partial charge in [0.2, 0.25) is 0 Å². The predicted molar refractivity (Wildman–Crippen MR) is 136 cm³/mol. The van der Waals surface area contributed by atoms with Gasteiger partial charge in [-0.15, -0.1) is 0 Å². The van der Waals surface area contributed by atoms with Gasteiger partial charge in [-0.3, -0.25) is 4.79 Å². The van der Waals surface area contributed by atoms with Crippen molar-refractivity contribution in [2.75, 3.05) is 44.2 Å². The van der Waals surface area contributed by atoms with Crippen molar-refractivity contribution in [2.24, 2.45) is 5.92 Å². The molecule has 176 valence electrons. The fourth-order valence-corrected chi connectivity index (χ4v) is 5.31. The van der Waals surface area contributed by atoms with E-state index in [9.17, 15) is 4.79 Å². The second-order valence-corrected chi connectivity index (χ2v) is 8.99. The summed E-state index contributed by atoms with van der Waals surface area (Å²) in [6, 6.07) is 14.4. The van der Waals surface area contributed by atoms with Crippen LogP contribution in [0.2, 0.25) is 0 Å². The zero-order chi connectivity index (χ0) is 23.7. The van der Waals surface area contributed by atoms with Gasteiger partial charge in [0.15, 0.2) is 0 Å². The van der Waals surface area contributed by atoms with Crippen LogP contribution in [0.4, 0.5) is 5.69 Å². The number of rotatable bonds is 5. The van der Waals surface area contributed by atoms with Crippen molar-refractivity contribution in [3.63, 3.8) is 0 Å². The van der Waals surface area contributed by atoms with Crippen molar-refractivity contribution < 1.29 is 9.53 Å². The van der Waals surface area contributed by atoms with Crippen LogP contribution in [0, 0.1) is 11.3 Å². The number of carbonyl (C=O) groups excluding carboxylic acids is 1. The van der Waals surface area contributed by atoms with Crippen LogP contribution in [-0.4, -0.2) is 55.8 Å². The van der Waals surface area contributed by atoms with Gasteiger partial charge in [0.1, 0.15) is 11.5 Å². The summed E-state index contributed by atoms with van der Waals surface area (Å²) in [6.07, 6.45) is 5.70. The zero-order valence-electron chi connectivity index (χ0n) is 19.9. The second kappa shape index (κ2) is 9.47. The third-order valence-electron chi connectivity index (χ3n) is 7.09. The van der Waals surface area contributed by atoms with E-state index in [4.69, 9.17) is 10.1 Å². The Balaban J connectivity index is 1.62. The number of allylic oxidation sites excluding steroid dienone is 3. The maximum Gasteiger partial charge on any atom is 0.254 e. The Morgan fingerprint density at radius 3 is 2.65 bits per heavy atom. The number of carbonyl (C=O) groups is 1. The van der Waals surface area contributed by atoms with Gasteiger partial charge < -0.3 is 25.3 Å². The van der Waals surface area contributed by atoms with Gasteiger partial charge in [-0.25, -0.2) is 0 Å². The van der Waals surface area contributed by atoms with Crippen LogP contribution in [0.5, 0.6) is 5.75 Å². The van der Waals surface area contributed by atoms with E-state index in [1.54, 1.807) is 0 Å². The number of amides is 1. The van der Waals surface area contributed by atoms with E-state index in [1.807, 2.05) is 35.3 Å². The van der Waals surface area contributed by atoms with Crippen molar-refractivity contribution >= 4 is 17.3 Å². The molecule has 0 spiro atoms. The molecule has 2 N–H and O–H groups in total. The Labute approximate surface area is 201 Å². The van der Waals surface area contributed by atoms with Crippen LogP contribution in [0.25, 0.3) is 0 Å². The van der Waals surface area contributed by atoms with Crippen LogP contribution < -0.4 is 15.0 Å². The monoisotopic (exact) mass is 456 g/mol. The molecule has 2 aromatic rings. The van der Waals surface area contributed by atoms with Crippen molar-refractivity contribution in [1.82, 2.24) is 10.2 Å². The number of nitrogens with zero attached hydrogens (tertiary/aromatic N) is 2. The molecule has 1 aliphatic carbocycles. The molecule has 5 rings (SSSR count). The minimum Gasteiger partial charge on any atom is -0.461 e. The number of piperazine rings is 1. The number of hydrogen-bond acceptors (Lipinski definition) is 5. The molecule has 0 radical (unpaired) electrons. The van der Waals surface area contributed by atoms with E-state index in [-0.39, 0.29) is 17.7 Å².